The van der Waals surface area contributed by atoms with E-state index < -0.39 is 0 Å². The summed E-state index contributed by atoms with van der Waals surface area (Å²) < 4.78 is 0. The van der Waals surface area contributed by atoms with Crippen LogP contribution in [-0.4, -0.2) is 73.6 Å². The molecule has 0 radical (unpaired) electrons. The molecule has 0 spiro atoms. The van der Waals surface area contributed by atoms with Gasteiger partial charge in [0.25, 0.3) is 0 Å². The number of hydrogen-bond acceptors (Lipinski definition) is 4. The van der Waals surface area contributed by atoms with Crippen LogP contribution in [0.5, 0.6) is 0 Å². The van der Waals surface area contributed by atoms with E-state index in [1.165, 1.54) is 38.5 Å². The van der Waals surface area contributed by atoms with Gasteiger partial charge in [-0.05, 0) is 25.8 Å². The van der Waals surface area contributed by atoms with Crippen LogP contribution < -0.4 is 10.6 Å². The zero-order valence-electron chi connectivity index (χ0n) is 13.1. The number of carbonyl (C=O) groups is 1. The third-order valence-electron chi connectivity index (χ3n) is 5.30. The molecule has 0 aromatic rings. The standard InChI is InChI=1S/C16H30N4O/c21-16(18-14-4-2-1-3-5-14)13-19-8-10-20(11-9-19)15-6-7-17-12-15/h14-15,17H,1-13H2,(H,18,21). The van der Waals surface area contributed by atoms with Crippen LogP contribution in [0.15, 0.2) is 0 Å². The van der Waals surface area contributed by atoms with Crippen LogP contribution in [0.4, 0.5) is 0 Å². The van der Waals surface area contributed by atoms with Crippen LogP contribution in [0.3, 0.4) is 0 Å². The van der Waals surface area contributed by atoms with E-state index in [0.29, 0.717) is 12.6 Å². The number of piperazine rings is 1. The van der Waals surface area contributed by atoms with Crippen LogP contribution in [-0.2, 0) is 4.79 Å². The molecule has 1 unspecified atom stereocenters. The predicted octanol–water partition coefficient (Wildman–Crippen LogP) is 0.415. The van der Waals surface area contributed by atoms with Gasteiger partial charge in [-0.2, -0.15) is 0 Å². The molecular formula is C16H30N4O. The van der Waals surface area contributed by atoms with Crippen LogP contribution in [0.2, 0.25) is 0 Å². The molecule has 21 heavy (non-hydrogen) atoms. The van der Waals surface area contributed by atoms with Crippen LogP contribution in [0.1, 0.15) is 38.5 Å². The van der Waals surface area contributed by atoms with Gasteiger partial charge in [-0.25, -0.2) is 0 Å². The summed E-state index contributed by atoms with van der Waals surface area (Å²) in [6.07, 6.45) is 7.52. The van der Waals surface area contributed by atoms with Crippen molar-refractivity contribution in [3.05, 3.63) is 0 Å². The Balaban J connectivity index is 1.35. The lowest BCUT2D eigenvalue weighted by Gasteiger charge is -2.37. The molecule has 2 saturated heterocycles. The Labute approximate surface area is 128 Å². The van der Waals surface area contributed by atoms with Gasteiger partial charge >= 0.3 is 0 Å². The van der Waals surface area contributed by atoms with Crippen molar-refractivity contribution in [1.29, 1.82) is 0 Å². The fourth-order valence-electron chi connectivity index (χ4n) is 3.96. The summed E-state index contributed by atoms with van der Waals surface area (Å²) in [7, 11) is 0. The molecule has 2 aliphatic heterocycles. The van der Waals surface area contributed by atoms with E-state index in [2.05, 4.69) is 20.4 Å². The van der Waals surface area contributed by atoms with E-state index in [4.69, 9.17) is 0 Å². The second kappa shape index (κ2) is 7.56. The zero-order valence-corrected chi connectivity index (χ0v) is 13.1. The highest BCUT2D eigenvalue weighted by atomic mass is 16.2. The first-order valence-electron chi connectivity index (χ1n) is 8.78. The molecule has 0 aromatic carbocycles. The molecule has 1 amide bonds. The topological polar surface area (TPSA) is 47.6 Å². The maximum absolute atomic E-state index is 12.1. The number of nitrogens with one attached hydrogen (secondary N) is 2. The molecule has 5 heteroatoms. The Kier molecular flexibility index (Phi) is 5.49. The highest BCUT2D eigenvalue weighted by molar-refractivity contribution is 5.78. The van der Waals surface area contributed by atoms with Crippen molar-refractivity contribution >= 4 is 5.91 Å². The molecule has 0 aromatic heterocycles. The first-order chi connectivity index (χ1) is 10.3. The van der Waals surface area contributed by atoms with Gasteiger partial charge in [-0.3, -0.25) is 14.6 Å². The lowest BCUT2D eigenvalue weighted by atomic mass is 9.95. The Bertz CT molecular complexity index is 329. The molecule has 1 saturated carbocycles. The van der Waals surface area contributed by atoms with Crippen molar-refractivity contribution in [2.45, 2.75) is 50.6 Å². The van der Waals surface area contributed by atoms with Crippen molar-refractivity contribution in [3.63, 3.8) is 0 Å². The van der Waals surface area contributed by atoms with E-state index in [9.17, 15) is 4.79 Å². The largest absolute Gasteiger partial charge is 0.352 e. The lowest BCUT2D eigenvalue weighted by Crippen LogP contribution is -2.53. The average Bonchev–Trinajstić information content (AvgIpc) is 3.03. The first-order valence-corrected chi connectivity index (χ1v) is 8.78. The molecule has 2 heterocycles. The summed E-state index contributed by atoms with van der Waals surface area (Å²) in [4.78, 5) is 17.1. The summed E-state index contributed by atoms with van der Waals surface area (Å²) in [5.74, 6) is 0.234. The molecule has 0 bridgehead atoms. The summed E-state index contributed by atoms with van der Waals surface area (Å²) in [5, 5.41) is 6.67. The monoisotopic (exact) mass is 294 g/mol. The third kappa shape index (κ3) is 4.41. The van der Waals surface area contributed by atoms with Crippen molar-refractivity contribution in [3.8, 4) is 0 Å². The Morgan fingerprint density at radius 2 is 1.81 bits per heavy atom. The first kappa shape index (κ1) is 15.3. The van der Waals surface area contributed by atoms with E-state index in [1.807, 2.05) is 0 Å². The number of amides is 1. The predicted molar refractivity (Wildman–Crippen MR) is 84.3 cm³/mol. The summed E-state index contributed by atoms with van der Waals surface area (Å²) in [6.45, 7) is 7.19. The molecule has 1 aliphatic carbocycles. The minimum atomic E-state index is 0.234. The molecule has 1 atom stereocenters. The SMILES string of the molecule is O=C(CN1CCN(C2CCNC2)CC1)NC1CCCCC1. The van der Waals surface area contributed by atoms with Crippen molar-refractivity contribution in [1.82, 2.24) is 20.4 Å². The number of nitrogens with zero attached hydrogens (tertiary/aromatic N) is 2. The quantitative estimate of drug-likeness (QED) is 0.789. The molecule has 120 valence electrons. The van der Waals surface area contributed by atoms with Gasteiger partial charge in [-0.15, -0.1) is 0 Å². The second-order valence-electron chi connectivity index (χ2n) is 6.86. The fourth-order valence-corrected chi connectivity index (χ4v) is 3.96. The van der Waals surface area contributed by atoms with Gasteiger partial charge in [0.05, 0.1) is 6.54 Å². The van der Waals surface area contributed by atoms with Crippen LogP contribution in [0, 0.1) is 0 Å². The van der Waals surface area contributed by atoms with Crippen molar-refractivity contribution in [2.75, 3.05) is 45.8 Å². The average molecular weight is 294 g/mol. The number of rotatable bonds is 4. The van der Waals surface area contributed by atoms with Crippen molar-refractivity contribution in [2.24, 2.45) is 0 Å². The van der Waals surface area contributed by atoms with Gasteiger partial charge in [0, 0.05) is 44.8 Å². The summed E-state index contributed by atoms with van der Waals surface area (Å²) in [6, 6.07) is 1.17. The van der Waals surface area contributed by atoms with Gasteiger partial charge in [0.2, 0.25) is 5.91 Å². The Hall–Kier alpha value is -0.650. The number of carbonyl (C=O) groups excluding carboxylic acids is 1. The third-order valence-corrected chi connectivity index (χ3v) is 5.30. The molecule has 5 nitrogen and oxygen atoms in total. The Morgan fingerprint density at radius 1 is 1.05 bits per heavy atom. The van der Waals surface area contributed by atoms with Crippen LogP contribution >= 0.6 is 0 Å². The van der Waals surface area contributed by atoms with E-state index >= 15 is 0 Å². The normalized spacial score (nSPS) is 29.6. The molecule has 3 aliphatic rings. The number of hydrogen-bond donors (Lipinski definition) is 2. The van der Waals surface area contributed by atoms with E-state index in [1.54, 1.807) is 0 Å². The highest BCUT2D eigenvalue weighted by Gasteiger charge is 2.27. The minimum Gasteiger partial charge on any atom is -0.352 e. The lowest BCUT2D eigenvalue weighted by molar-refractivity contribution is -0.123. The van der Waals surface area contributed by atoms with Gasteiger partial charge < -0.3 is 10.6 Å². The van der Waals surface area contributed by atoms with Crippen LogP contribution in [0.25, 0.3) is 0 Å². The summed E-state index contributed by atoms with van der Waals surface area (Å²) in [5.41, 5.74) is 0. The maximum atomic E-state index is 12.1. The minimum absolute atomic E-state index is 0.234. The smallest absolute Gasteiger partial charge is 0.234 e. The molecule has 3 fully saturated rings. The van der Waals surface area contributed by atoms with E-state index in [0.717, 1.165) is 45.3 Å². The van der Waals surface area contributed by atoms with Gasteiger partial charge in [0.1, 0.15) is 0 Å². The molecular weight excluding hydrogens is 264 g/mol. The Morgan fingerprint density at radius 3 is 2.48 bits per heavy atom. The zero-order chi connectivity index (χ0) is 14.5. The summed E-state index contributed by atoms with van der Waals surface area (Å²) >= 11 is 0. The highest BCUT2D eigenvalue weighted by Crippen LogP contribution is 2.17. The van der Waals surface area contributed by atoms with Gasteiger partial charge in [0.15, 0.2) is 0 Å². The van der Waals surface area contributed by atoms with Crippen molar-refractivity contribution < 1.29 is 4.79 Å². The molecule has 2 N–H and O–H groups in total. The van der Waals surface area contributed by atoms with E-state index in [-0.39, 0.29) is 5.91 Å². The fraction of sp³-hybridized carbons (Fsp3) is 0.938. The maximum Gasteiger partial charge on any atom is 0.234 e. The van der Waals surface area contributed by atoms with Gasteiger partial charge in [-0.1, -0.05) is 19.3 Å². The molecule has 3 rings (SSSR count). The second-order valence-corrected chi connectivity index (χ2v) is 6.86.